The van der Waals surface area contributed by atoms with E-state index in [0.29, 0.717) is 0 Å². The standard InChI is InChI=1S/C14H12Br2O2/c1-18-11-4-2-3-9(7-11)14(17)12-8-10(15)5-6-13(12)16/h2-8,14,17H,1H3. The molecule has 2 aromatic rings. The van der Waals surface area contributed by atoms with Gasteiger partial charge in [0.1, 0.15) is 11.9 Å². The normalized spacial score (nSPS) is 12.2. The summed E-state index contributed by atoms with van der Waals surface area (Å²) >= 11 is 6.86. The molecule has 0 amide bonds. The summed E-state index contributed by atoms with van der Waals surface area (Å²) < 4.78 is 6.97. The van der Waals surface area contributed by atoms with Crippen molar-refractivity contribution in [3.8, 4) is 5.75 Å². The van der Waals surface area contributed by atoms with Gasteiger partial charge in [-0.25, -0.2) is 0 Å². The molecule has 0 aromatic heterocycles. The molecular weight excluding hydrogens is 360 g/mol. The van der Waals surface area contributed by atoms with E-state index in [2.05, 4.69) is 31.9 Å². The van der Waals surface area contributed by atoms with E-state index in [1.54, 1.807) is 7.11 Å². The summed E-state index contributed by atoms with van der Waals surface area (Å²) in [6, 6.07) is 13.1. The van der Waals surface area contributed by atoms with Crippen molar-refractivity contribution in [2.24, 2.45) is 0 Å². The van der Waals surface area contributed by atoms with Crippen LogP contribution in [0.3, 0.4) is 0 Å². The second-order valence-corrected chi connectivity index (χ2v) is 5.61. The minimum Gasteiger partial charge on any atom is -0.497 e. The smallest absolute Gasteiger partial charge is 0.119 e. The van der Waals surface area contributed by atoms with Crippen LogP contribution in [0.25, 0.3) is 0 Å². The second kappa shape index (κ2) is 5.87. The summed E-state index contributed by atoms with van der Waals surface area (Å²) in [7, 11) is 1.61. The van der Waals surface area contributed by atoms with E-state index < -0.39 is 6.10 Å². The quantitative estimate of drug-likeness (QED) is 0.871. The SMILES string of the molecule is COc1cccc(C(O)c2cc(Br)ccc2Br)c1. The Kier molecular flexibility index (Phi) is 4.43. The van der Waals surface area contributed by atoms with Crippen LogP contribution in [0, 0.1) is 0 Å². The molecule has 2 rings (SSSR count). The number of aliphatic hydroxyl groups is 1. The number of hydrogen-bond donors (Lipinski definition) is 1. The number of halogens is 2. The highest BCUT2D eigenvalue weighted by Crippen LogP contribution is 2.32. The van der Waals surface area contributed by atoms with Crippen LogP contribution in [0.5, 0.6) is 5.75 Å². The van der Waals surface area contributed by atoms with Gasteiger partial charge in [0.2, 0.25) is 0 Å². The molecule has 0 saturated heterocycles. The second-order valence-electron chi connectivity index (χ2n) is 3.84. The third-order valence-electron chi connectivity index (χ3n) is 2.66. The van der Waals surface area contributed by atoms with Gasteiger partial charge in [0.25, 0.3) is 0 Å². The molecule has 1 unspecified atom stereocenters. The lowest BCUT2D eigenvalue weighted by atomic mass is 10.0. The molecule has 0 aliphatic heterocycles. The Balaban J connectivity index is 2.40. The number of aliphatic hydroxyl groups excluding tert-OH is 1. The lowest BCUT2D eigenvalue weighted by molar-refractivity contribution is 0.219. The molecule has 0 aliphatic carbocycles. The summed E-state index contributed by atoms with van der Waals surface area (Å²) in [5, 5.41) is 10.4. The Morgan fingerprint density at radius 3 is 2.61 bits per heavy atom. The predicted octanol–water partition coefficient (Wildman–Crippen LogP) is 4.30. The zero-order valence-electron chi connectivity index (χ0n) is 9.73. The first kappa shape index (κ1) is 13.6. The van der Waals surface area contributed by atoms with Crippen molar-refractivity contribution in [2.45, 2.75) is 6.10 Å². The maximum atomic E-state index is 10.4. The van der Waals surface area contributed by atoms with Crippen LogP contribution in [0.4, 0.5) is 0 Å². The van der Waals surface area contributed by atoms with E-state index in [0.717, 1.165) is 25.8 Å². The Morgan fingerprint density at radius 2 is 1.89 bits per heavy atom. The topological polar surface area (TPSA) is 29.5 Å². The van der Waals surface area contributed by atoms with E-state index in [1.165, 1.54) is 0 Å². The number of ether oxygens (including phenoxy) is 1. The van der Waals surface area contributed by atoms with Crippen LogP contribution >= 0.6 is 31.9 Å². The first-order valence-corrected chi connectivity index (χ1v) is 6.97. The molecule has 0 fully saturated rings. The van der Waals surface area contributed by atoms with Crippen molar-refractivity contribution in [3.05, 3.63) is 62.5 Å². The van der Waals surface area contributed by atoms with E-state index in [9.17, 15) is 5.11 Å². The molecule has 4 heteroatoms. The van der Waals surface area contributed by atoms with Crippen molar-refractivity contribution in [3.63, 3.8) is 0 Å². The molecule has 0 bridgehead atoms. The number of benzene rings is 2. The summed E-state index contributed by atoms with van der Waals surface area (Å²) in [5.74, 6) is 0.734. The molecule has 0 saturated carbocycles. The van der Waals surface area contributed by atoms with Gasteiger partial charge in [-0.1, -0.05) is 44.0 Å². The zero-order valence-corrected chi connectivity index (χ0v) is 12.9. The van der Waals surface area contributed by atoms with Gasteiger partial charge >= 0.3 is 0 Å². The lowest BCUT2D eigenvalue weighted by Crippen LogP contribution is -2.01. The lowest BCUT2D eigenvalue weighted by Gasteiger charge is -2.14. The van der Waals surface area contributed by atoms with Crippen molar-refractivity contribution in [1.82, 2.24) is 0 Å². The molecule has 0 heterocycles. The third kappa shape index (κ3) is 2.94. The first-order chi connectivity index (χ1) is 8.61. The number of hydrogen-bond acceptors (Lipinski definition) is 2. The fourth-order valence-corrected chi connectivity index (χ4v) is 2.56. The zero-order chi connectivity index (χ0) is 13.1. The molecule has 1 N–H and O–H groups in total. The predicted molar refractivity (Wildman–Crippen MR) is 78.9 cm³/mol. The Hall–Kier alpha value is -0.840. The van der Waals surface area contributed by atoms with Crippen LogP contribution in [-0.2, 0) is 0 Å². The maximum Gasteiger partial charge on any atom is 0.119 e. The highest BCUT2D eigenvalue weighted by molar-refractivity contribution is 9.11. The largest absolute Gasteiger partial charge is 0.497 e. The highest BCUT2D eigenvalue weighted by atomic mass is 79.9. The van der Waals surface area contributed by atoms with Gasteiger partial charge in [0.15, 0.2) is 0 Å². The molecule has 0 radical (unpaired) electrons. The van der Waals surface area contributed by atoms with Crippen LogP contribution in [0.2, 0.25) is 0 Å². The Morgan fingerprint density at radius 1 is 1.11 bits per heavy atom. The summed E-state index contributed by atoms with van der Waals surface area (Å²) in [5.41, 5.74) is 1.62. The summed E-state index contributed by atoms with van der Waals surface area (Å²) in [6.45, 7) is 0. The molecule has 0 aliphatic rings. The van der Waals surface area contributed by atoms with E-state index in [-0.39, 0.29) is 0 Å². The molecule has 94 valence electrons. The molecule has 18 heavy (non-hydrogen) atoms. The Bertz CT molecular complexity index is 555. The van der Waals surface area contributed by atoms with E-state index >= 15 is 0 Å². The average molecular weight is 372 g/mol. The van der Waals surface area contributed by atoms with Gasteiger partial charge in [-0.3, -0.25) is 0 Å². The van der Waals surface area contributed by atoms with Gasteiger partial charge in [-0.15, -0.1) is 0 Å². The van der Waals surface area contributed by atoms with Gasteiger partial charge in [0.05, 0.1) is 7.11 Å². The van der Waals surface area contributed by atoms with E-state index in [1.807, 2.05) is 42.5 Å². The minimum absolute atomic E-state index is 0.688. The summed E-state index contributed by atoms with van der Waals surface area (Å²) in [6.07, 6.45) is -0.688. The van der Waals surface area contributed by atoms with Crippen LogP contribution in [0.15, 0.2) is 51.4 Å². The van der Waals surface area contributed by atoms with Crippen molar-refractivity contribution in [1.29, 1.82) is 0 Å². The number of rotatable bonds is 3. The fraction of sp³-hybridized carbons (Fsp3) is 0.143. The van der Waals surface area contributed by atoms with Gasteiger partial charge in [-0.05, 0) is 35.9 Å². The minimum atomic E-state index is -0.688. The van der Waals surface area contributed by atoms with Gasteiger partial charge in [-0.2, -0.15) is 0 Å². The van der Waals surface area contributed by atoms with Crippen LogP contribution < -0.4 is 4.74 Å². The maximum absolute atomic E-state index is 10.4. The Labute approximate surface area is 123 Å². The van der Waals surface area contributed by atoms with Crippen molar-refractivity contribution < 1.29 is 9.84 Å². The van der Waals surface area contributed by atoms with Crippen LogP contribution in [0.1, 0.15) is 17.2 Å². The number of methoxy groups -OCH3 is 1. The van der Waals surface area contributed by atoms with Crippen molar-refractivity contribution in [2.75, 3.05) is 7.11 Å². The first-order valence-electron chi connectivity index (χ1n) is 5.39. The third-order valence-corrected chi connectivity index (χ3v) is 3.88. The monoisotopic (exact) mass is 370 g/mol. The fourth-order valence-electron chi connectivity index (χ4n) is 1.72. The van der Waals surface area contributed by atoms with Crippen molar-refractivity contribution >= 4 is 31.9 Å². The molecule has 1 atom stereocenters. The van der Waals surface area contributed by atoms with Gasteiger partial charge in [0, 0.05) is 14.5 Å². The molecule has 2 nitrogen and oxygen atoms in total. The van der Waals surface area contributed by atoms with E-state index in [4.69, 9.17) is 4.74 Å². The molecule has 0 spiro atoms. The molecule has 2 aromatic carbocycles. The molecular formula is C14H12Br2O2. The van der Waals surface area contributed by atoms with Gasteiger partial charge < -0.3 is 9.84 Å². The summed E-state index contributed by atoms with van der Waals surface area (Å²) in [4.78, 5) is 0. The van der Waals surface area contributed by atoms with Crippen LogP contribution in [-0.4, -0.2) is 12.2 Å². The highest BCUT2D eigenvalue weighted by Gasteiger charge is 2.14. The average Bonchev–Trinajstić information content (AvgIpc) is 2.41.